The molecule has 14 heavy (non-hydrogen) atoms. The van der Waals surface area contributed by atoms with Gasteiger partial charge in [0.05, 0.1) is 6.61 Å². The summed E-state index contributed by atoms with van der Waals surface area (Å²) in [7, 11) is 0. The van der Waals surface area contributed by atoms with Gasteiger partial charge in [0.15, 0.2) is 0 Å². The highest BCUT2D eigenvalue weighted by atomic mass is 32.2. The zero-order chi connectivity index (χ0) is 9.80. The van der Waals surface area contributed by atoms with Gasteiger partial charge >= 0.3 is 0 Å². The molecule has 3 nitrogen and oxygen atoms in total. The molecule has 2 heterocycles. The van der Waals surface area contributed by atoms with Crippen molar-refractivity contribution in [1.82, 2.24) is 10.2 Å². The van der Waals surface area contributed by atoms with Crippen LogP contribution in [-0.4, -0.2) is 50.0 Å². The Morgan fingerprint density at radius 3 is 2.93 bits per heavy atom. The molecule has 0 radical (unpaired) electrons. The zero-order valence-corrected chi connectivity index (χ0v) is 9.53. The molecule has 1 N–H and O–H groups in total. The SMILES string of the molecule is CC1=C(CN2CCNCC2)SCCO1. The van der Waals surface area contributed by atoms with Crippen LogP contribution in [0.4, 0.5) is 0 Å². The second-order valence-corrected chi connectivity index (χ2v) is 4.89. The fourth-order valence-electron chi connectivity index (χ4n) is 1.77. The lowest BCUT2D eigenvalue weighted by atomic mass is 10.3. The standard InChI is InChI=1S/C10H18N2OS/c1-9-10(14-7-6-13-9)8-12-4-2-11-3-5-12/h11H,2-8H2,1H3. The summed E-state index contributed by atoms with van der Waals surface area (Å²) in [5.74, 6) is 2.25. The van der Waals surface area contributed by atoms with Crippen LogP contribution in [0.1, 0.15) is 6.92 Å². The molecular weight excluding hydrogens is 196 g/mol. The highest BCUT2D eigenvalue weighted by Crippen LogP contribution is 2.25. The van der Waals surface area contributed by atoms with Crippen molar-refractivity contribution in [2.24, 2.45) is 0 Å². The average Bonchev–Trinajstić information content (AvgIpc) is 2.23. The largest absolute Gasteiger partial charge is 0.496 e. The van der Waals surface area contributed by atoms with Crippen molar-refractivity contribution < 1.29 is 4.74 Å². The van der Waals surface area contributed by atoms with Gasteiger partial charge in [-0.3, -0.25) is 4.90 Å². The summed E-state index contributed by atoms with van der Waals surface area (Å²) in [6, 6.07) is 0. The van der Waals surface area contributed by atoms with Gasteiger partial charge < -0.3 is 10.1 Å². The van der Waals surface area contributed by atoms with Crippen LogP contribution < -0.4 is 5.32 Å². The van der Waals surface area contributed by atoms with Crippen molar-refractivity contribution in [2.45, 2.75) is 6.92 Å². The highest BCUT2D eigenvalue weighted by Gasteiger charge is 2.16. The number of piperazine rings is 1. The molecule has 0 aromatic heterocycles. The highest BCUT2D eigenvalue weighted by molar-refractivity contribution is 8.03. The number of hydrogen-bond acceptors (Lipinski definition) is 4. The Morgan fingerprint density at radius 2 is 2.21 bits per heavy atom. The number of hydrogen-bond donors (Lipinski definition) is 1. The summed E-state index contributed by atoms with van der Waals surface area (Å²) in [5, 5.41) is 3.37. The monoisotopic (exact) mass is 214 g/mol. The zero-order valence-electron chi connectivity index (χ0n) is 8.71. The summed E-state index contributed by atoms with van der Waals surface area (Å²) in [6.07, 6.45) is 0. The van der Waals surface area contributed by atoms with E-state index in [9.17, 15) is 0 Å². The van der Waals surface area contributed by atoms with Crippen LogP contribution in [0.15, 0.2) is 10.7 Å². The third-order valence-electron chi connectivity index (χ3n) is 2.65. The minimum absolute atomic E-state index is 0.877. The molecule has 0 spiro atoms. The van der Waals surface area contributed by atoms with Crippen molar-refractivity contribution in [3.05, 3.63) is 10.7 Å². The fraction of sp³-hybridized carbons (Fsp3) is 0.800. The van der Waals surface area contributed by atoms with Crippen molar-refractivity contribution >= 4 is 11.8 Å². The first-order chi connectivity index (χ1) is 6.86. The molecule has 0 aliphatic carbocycles. The van der Waals surface area contributed by atoms with Crippen molar-refractivity contribution in [3.63, 3.8) is 0 Å². The second-order valence-electron chi connectivity index (χ2n) is 3.70. The lowest BCUT2D eigenvalue weighted by molar-refractivity contribution is 0.218. The summed E-state index contributed by atoms with van der Waals surface area (Å²) < 4.78 is 5.55. The number of thioether (sulfide) groups is 1. The maximum absolute atomic E-state index is 5.55. The van der Waals surface area contributed by atoms with Crippen LogP contribution >= 0.6 is 11.8 Å². The van der Waals surface area contributed by atoms with Crippen molar-refractivity contribution in [2.75, 3.05) is 45.1 Å². The van der Waals surface area contributed by atoms with Crippen molar-refractivity contribution in [1.29, 1.82) is 0 Å². The Hall–Kier alpha value is -0.190. The second kappa shape index (κ2) is 5.05. The molecule has 2 rings (SSSR count). The average molecular weight is 214 g/mol. The maximum atomic E-state index is 5.55. The Labute approximate surface area is 89.9 Å². The summed E-state index contributed by atoms with van der Waals surface area (Å²) >= 11 is 1.96. The maximum Gasteiger partial charge on any atom is 0.104 e. The van der Waals surface area contributed by atoms with Gasteiger partial charge in [-0.1, -0.05) is 0 Å². The van der Waals surface area contributed by atoms with Crippen LogP contribution in [0.3, 0.4) is 0 Å². The van der Waals surface area contributed by atoms with Gasteiger partial charge in [-0.05, 0) is 6.92 Å². The Morgan fingerprint density at radius 1 is 1.43 bits per heavy atom. The summed E-state index contributed by atoms with van der Waals surface area (Å²) in [4.78, 5) is 3.93. The molecule has 2 aliphatic rings. The quantitative estimate of drug-likeness (QED) is 0.738. The van der Waals surface area contributed by atoms with E-state index < -0.39 is 0 Å². The van der Waals surface area contributed by atoms with E-state index in [-0.39, 0.29) is 0 Å². The first-order valence-electron chi connectivity index (χ1n) is 5.24. The van der Waals surface area contributed by atoms with Gasteiger partial charge in [-0.15, -0.1) is 11.8 Å². The Kier molecular flexibility index (Phi) is 3.73. The van der Waals surface area contributed by atoms with Gasteiger partial charge in [0, 0.05) is 43.4 Å². The van der Waals surface area contributed by atoms with E-state index in [1.54, 1.807) is 0 Å². The van der Waals surface area contributed by atoms with Gasteiger partial charge in [-0.25, -0.2) is 0 Å². The minimum atomic E-state index is 0.877. The molecule has 80 valence electrons. The molecule has 0 unspecified atom stereocenters. The van der Waals surface area contributed by atoms with Gasteiger partial charge in [0.1, 0.15) is 5.76 Å². The number of nitrogens with zero attached hydrogens (tertiary/aromatic N) is 1. The van der Waals surface area contributed by atoms with Crippen LogP contribution in [0, 0.1) is 0 Å². The summed E-state index contributed by atoms with van der Waals surface area (Å²) in [6.45, 7) is 8.62. The number of ether oxygens (including phenoxy) is 1. The normalized spacial score (nSPS) is 24.9. The lowest BCUT2D eigenvalue weighted by Crippen LogP contribution is -2.44. The molecule has 0 bridgehead atoms. The molecule has 0 saturated carbocycles. The van der Waals surface area contributed by atoms with Crippen LogP contribution in [-0.2, 0) is 4.74 Å². The van der Waals surface area contributed by atoms with Crippen LogP contribution in [0.5, 0.6) is 0 Å². The van der Waals surface area contributed by atoms with E-state index in [4.69, 9.17) is 4.74 Å². The molecule has 2 aliphatic heterocycles. The third-order valence-corrected chi connectivity index (χ3v) is 3.78. The van der Waals surface area contributed by atoms with Gasteiger partial charge in [0.25, 0.3) is 0 Å². The molecule has 0 aromatic rings. The molecular formula is C10H18N2OS. The van der Waals surface area contributed by atoms with Crippen LogP contribution in [0.2, 0.25) is 0 Å². The first kappa shape index (κ1) is 10.3. The van der Waals surface area contributed by atoms with Crippen LogP contribution in [0.25, 0.3) is 0 Å². The lowest BCUT2D eigenvalue weighted by Gasteiger charge is -2.29. The molecule has 0 amide bonds. The molecule has 0 aromatic carbocycles. The minimum Gasteiger partial charge on any atom is -0.496 e. The first-order valence-corrected chi connectivity index (χ1v) is 6.23. The van der Waals surface area contributed by atoms with E-state index in [0.29, 0.717) is 0 Å². The number of nitrogens with one attached hydrogen (secondary N) is 1. The number of allylic oxidation sites excluding steroid dienone is 1. The molecule has 1 fully saturated rings. The predicted molar refractivity (Wildman–Crippen MR) is 60.4 cm³/mol. The summed E-state index contributed by atoms with van der Waals surface area (Å²) in [5.41, 5.74) is 0. The Balaban J connectivity index is 1.88. The third kappa shape index (κ3) is 2.65. The van der Waals surface area contributed by atoms with E-state index in [1.165, 1.54) is 4.91 Å². The van der Waals surface area contributed by atoms with E-state index >= 15 is 0 Å². The topological polar surface area (TPSA) is 24.5 Å². The molecule has 0 atom stereocenters. The van der Waals surface area contributed by atoms with E-state index in [1.807, 2.05) is 11.8 Å². The van der Waals surface area contributed by atoms with E-state index in [0.717, 1.165) is 50.8 Å². The fourth-order valence-corrected chi connectivity index (χ4v) is 2.72. The predicted octanol–water partition coefficient (Wildman–Crippen LogP) is 0.887. The molecule has 1 saturated heterocycles. The van der Waals surface area contributed by atoms with Gasteiger partial charge in [0.2, 0.25) is 0 Å². The van der Waals surface area contributed by atoms with Crippen molar-refractivity contribution in [3.8, 4) is 0 Å². The van der Waals surface area contributed by atoms with E-state index in [2.05, 4.69) is 17.1 Å². The molecule has 4 heteroatoms. The number of rotatable bonds is 2. The Bertz CT molecular complexity index is 224. The van der Waals surface area contributed by atoms with Gasteiger partial charge in [-0.2, -0.15) is 0 Å². The smallest absolute Gasteiger partial charge is 0.104 e.